The van der Waals surface area contributed by atoms with E-state index in [1.807, 2.05) is 6.92 Å². The third-order valence-corrected chi connectivity index (χ3v) is 4.98. The Bertz CT molecular complexity index is 277. The van der Waals surface area contributed by atoms with Crippen molar-refractivity contribution in [2.75, 3.05) is 6.54 Å². The van der Waals surface area contributed by atoms with Crippen LogP contribution in [0.1, 0.15) is 58.3 Å². The Hall–Kier alpha value is -0.250. The SMILES string of the molecule is CCNC(CCCC(F)(F)F)CC1CC2CCC1C2. The van der Waals surface area contributed by atoms with E-state index in [0.717, 1.165) is 30.7 Å². The Kier molecular flexibility index (Phi) is 5.15. The van der Waals surface area contributed by atoms with Gasteiger partial charge in [-0.25, -0.2) is 0 Å². The van der Waals surface area contributed by atoms with Gasteiger partial charge in [0.1, 0.15) is 0 Å². The first-order valence-corrected chi connectivity index (χ1v) is 7.78. The predicted molar refractivity (Wildman–Crippen MR) is 70.9 cm³/mol. The van der Waals surface area contributed by atoms with Gasteiger partial charge in [0.2, 0.25) is 0 Å². The summed E-state index contributed by atoms with van der Waals surface area (Å²) in [6.07, 6.45) is 2.85. The lowest BCUT2D eigenvalue weighted by atomic mass is 9.83. The van der Waals surface area contributed by atoms with Crippen molar-refractivity contribution in [3.8, 4) is 0 Å². The van der Waals surface area contributed by atoms with E-state index < -0.39 is 12.6 Å². The summed E-state index contributed by atoms with van der Waals surface area (Å²) in [5.74, 6) is 2.56. The van der Waals surface area contributed by atoms with Crippen LogP contribution in [0.3, 0.4) is 0 Å². The highest BCUT2D eigenvalue weighted by Gasteiger charge is 2.40. The first-order valence-electron chi connectivity index (χ1n) is 7.78. The van der Waals surface area contributed by atoms with Crippen molar-refractivity contribution in [1.29, 1.82) is 0 Å². The number of rotatable bonds is 7. The maximum absolute atomic E-state index is 12.2. The molecule has 0 aromatic carbocycles. The highest BCUT2D eigenvalue weighted by molar-refractivity contribution is 4.91. The molecule has 4 heteroatoms. The summed E-state index contributed by atoms with van der Waals surface area (Å²) >= 11 is 0. The van der Waals surface area contributed by atoms with Crippen molar-refractivity contribution in [2.24, 2.45) is 17.8 Å². The van der Waals surface area contributed by atoms with Gasteiger partial charge in [-0.15, -0.1) is 0 Å². The van der Waals surface area contributed by atoms with Crippen molar-refractivity contribution in [2.45, 2.75) is 70.5 Å². The van der Waals surface area contributed by atoms with Gasteiger partial charge >= 0.3 is 6.18 Å². The molecule has 0 aliphatic heterocycles. The molecule has 0 aromatic rings. The second kappa shape index (κ2) is 6.47. The molecule has 2 aliphatic carbocycles. The lowest BCUT2D eigenvalue weighted by molar-refractivity contribution is -0.135. The molecule has 2 rings (SSSR count). The van der Waals surface area contributed by atoms with Crippen LogP contribution in [-0.4, -0.2) is 18.8 Å². The molecule has 2 fully saturated rings. The van der Waals surface area contributed by atoms with Crippen LogP contribution >= 0.6 is 0 Å². The topological polar surface area (TPSA) is 12.0 Å². The summed E-state index contributed by atoms with van der Waals surface area (Å²) < 4.78 is 36.6. The maximum Gasteiger partial charge on any atom is 0.389 e. The molecule has 2 aliphatic rings. The fourth-order valence-electron chi connectivity index (χ4n) is 4.17. The Morgan fingerprint density at radius 1 is 1.21 bits per heavy atom. The van der Waals surface area contributed by atoms with Gasteiger partial charge < -0.3 is 5.32 Å². The van der Waals surface area contributed by atoms with Crippen molar-refractivity contribution in [1.82, 2.24) is 5.32 Å². The molecule has 0 spiro atoms. The van der Waals surface area contributed by atoms with Crippen LogP contribution in [0.5, 0.6) is 0 Å². The summed E-state index contributed by atoms with van der Waals surface area (Å²) in [6, 6.07) is 0.289. The molecule has 2 bridgehead atoms. The lowest BCUT2D eigenvalue weighted by Crippen LogP contribution is -2.32. The third kappa shape index (κ3) is 4.66. The van der Waals surface area contributed by atoms with E-state index in [-0.39, 0.29) is 12.5 Å². The van der Waals surface area contributed by atoms with E-state index in [9.17, 15) is 13.2 Å². The van der Waals surface area contributed by atoms with Crippen LogP contribution in [0, 0.1) is 17.8 Å². The van der Waals surface area contributed by atoms with Crippen LogP contribution in [0.25, 0.3) is 0 Å². The standard InChI is InChI=1S/C15H26F3N/c1-2-19-14(4-3-7-15(16,17)18)10-13-9-11-5-6-12(13)8-11/h11-14,19H,2-10H2,1H3. The zero-order valence-corrected chi connectivity index (χ0v) is 11.8. The molecule has 112 valence electrons. The first kappa shape index (κ1) is 15.1. The quantitative estimate of drug-likeness (QED) is 0.721. The Balaban J connectivity index is 1.73. The summed E-state index contributed by atoms with van der Waals surface area (Å²) in [7, 11) is 0. The van der Waals surface area contributed by atoms with Gasteiger partial charge in [-0.3, -0.25) is 0 Å². The number of fused-ring (bicyclic) bond motifs is 2. The molecular formula is C15H26F3N. The van der Waals surface area contributed by atoms with Crippen LogP contribution in [0.15, 0.2) is 0 Å². The van der Waals surface area contributed by atoms with Crippen LogP contribution in [0.4, 0.5) is 13.2 Å². The van der Waals surface area contributed by atoms with Crippen LogP contribution in [-0.2, 0) is 0 Å². The zero-order chi connectivity index (χ0) is 13.9. The number of halogens is 3. The molecule has 0 saturated heterocycles. The minimum Gasteiger partial charge on any atom is -0.314 e. The summed E-state index contributed by atoms with van der Waals surface area (Å²) in [5.41, 5.74) is 0. The fraction of sp³-hybridized carbons (Fsp3) is 1.00. The number of hydrogen-bond acceptors (Lipinski definition) is 1. The molecule has 2 saturated carbocycles. The second-order valence-corrected chi connectivity index (χ2v) is 6.43. The van der Waals surface area contributed by atoms with E-state index >= 15 is 0 Å². The van der Waals surface area contributed by atoms with E-state index in [1.165, 1.54) is 25.7 Å². The van der Waals surface area contributed by atoms with Gasteiger partial charge in [-0.05, 0) is 62.8 Å². The first-order chi connectivity index (χ1) is 8.98. The van der Waals surface area contributed by atoms with Crippen LogP contribution in [0.2, 0.25) is 0 Å². The highest BCUT2D eigenvalue weighted by Crippen LogP contribution is 2.50. The zero-order valence-electron chi connectivity index (χ0n) is 11.8. The summed E-state index contributed by atoms with van der Waals surface area (Å²) in [5, 5.41) is 3.39. The Morgan fingerprint density at radius 3 is 2.53 bits per heavy atom. The summed E-state index contributed by atoms with van der Waals surface area (Å²) in [6.45, 7) is 2.90. The minimum atomic E-state index is -4.00. The normalized spacial score (nSPS) is 31.9. The number of hydrogen-bond donors (Lipinski definition) is 1. The molecule has 0 amide bonds. The van der Waals surface area contributed by atoms with Gasteiger partial charge in [-0.1, -0.05) is 13.3 Å². The lowest BCUT2D eigenvalue weighted by Gasteiger charge is -2.27. The molecule has 0 heterocycles. The van der Waals surface area contributed by atoms with Gasteiger partial charge in [0, 0.05) is 12.5 Å². The largest absolute Gasteiger partial charge is 0.389 e. The smallest absolute Gasteiger partial charge is 0.314 e. The average Bonchev–Trinajstić information content (AvgIpc) is 2.89. The molecule has 4 atom stereocenters. The summed E-state index contributed by atoms with van der Waals surface area (Å²) in [4.78, 5) is 0. The Labute approximate surface area is 114 Å². The van der Waals surface area contributed by atoms with Crippen molar-refractivity contribution < 1.29 is 13.2 Å². The molecule has 1 nitrogen and oxygen atoms in total. The number of nitrogens with one attached hydrogen (secondary N) is 1. The van der Waals surface area contributed by atoms with Crippen molar-refractivity contribution in [3.63, 3.8) is 0 Å². The fourth-order valence-corrected chi connectivity index (χ4v) is 4.17. The minimum absolute atomic E-state index is 0.266. The second-order valence-electron chi connectivity index (χ2n) is 6.43. The van der Waals surface area contributed by atoms with Gasteiger partial charge in [-0.2, -0.15) is 13.2 Å². The van der Waals surface area contributed by atoms with E-state index in [0.29, 0.717) is 6.42 Å². The van der Waals surface area contributed by atoms with E-state index in [4.69, 9.17) is 0 Å². The maximum atomic E-state index is 12.2. The van der Waals surface area contributed by atoms with Crippen molar-refractivity contribution >= 4 is 0 Å². The van der Waals surface area contributed by atoms with Gasteiger partial charge in [0.25, 0.3) is 0 Å². The predicted octanol–water partition coefficient (Wildman–Crippen LogP) is 4.52. The Morgan fingerprint density at radius 2 is 2.00 bits per heavy atom. The monoisotopic (exact) mass is 277 g/mol. The van der Waals surface area contributed by atoms with E-state index in [1.54, 1.807) is 0 Å². The van der Waals surface area contributed by atoms with Crippen LogP contribution < -0.4 is 5.32 Å². The van der Waals surface area contributed by atoms with E-state index in [2.05, 4.69) is 5.32 Å². The molecular weight excluding hydrogens is 251 g/mol. The van der Waals surface area contributed by atoms with Gasteiger partial charge in [0.15, 0.2) is 0 Å². The molecule has 1 N–H and O–H groups in total. The molecule has 0 radical (unpaired) electrons. The third-order valence-electron chi connectivity index (χ3n) is 4.98. The average molecular weight is 277 g/mol. The van der Waals surface area contributed by atoms with Crippen molar-refractivity contribution in [3.05, 3.63) is 0 Å². The molecule has 0 aromatic heterocycles. The van der Waals surface area contributed by atoms with Gasteiger partial charge in [0.05, 0.1) is 0 Å². The number of alkyl halides is 3. The molecule has 19 heavy (non-hydrogen) atoms. The highest BCUT2D eigenvalue weighted by atomic mass is 19.4. The molecule has 4 unspecified atom stereocenters.